The molecule has 1 aliphatic rings. The van der Waals surface area contributed by atoms with E-state index in [0.717, 1.165) is 36.7 Å². The first-order valence-electron chi connectivity index (χ1n) is 7.40. The maximum atomic E-state index is 12.4. The minimum Gasteiger partial charge on any atom is -0.396 e. The fourth-order valence-electron chi connectivity index (χ4n) is 3.17. The van der Waals surface area contributed by atoms with E-state index in [1.54, 1.807) is 16.8 Å². The number of hydrogen-bond donors (Lipinski definition) is 2. The fourth-order valence-corrected chi connectivity index (χ4v) is 3.17. The Morgan fingerprint density at radius 1 is 1.48 bits per heavy atom. The molecule has 1 heterocycles. The molecule has 1 aliphatic carbocycles. The van der Waals surface area contributed by atoms with Crippen molar-refractivity contribution in [2.75, 3.05) is 6.61 Å². The van der Waals surface area contributed by atoms with Gasteiger partial charge in [-0.25, -0.2) is 4.68 Å². The monoisotopic (exact) mass is 288 g/mol. The summed E-state index contributed by atoms with van der Waals surface area (Å²) in [6.45, 7) is 0.183. The Morgan fingerprint density at radius 3 is 3.14 bits per heavy atom. The highest BCUT2D eigenvalue weighted by Crippen LogP contribution is 2.28. The van der Waals surface area contributed by atoms with E-state index in [1.165, 1.54) is 0 Å². The van der Waals surface area contributed by atoms with Gasteiger partial charge in [-0.15, -0.1) is 5.10 Å². The molecule has 1 fully saturated rings. The number of hydrogen-bond acceptors (Lipinski definition) is 4. The molecule has 112 valence electrons. The van der Waals surface area contributed by atoms with E-state index >= 15 is 0 Å². The maximum Gasteiger partial charge on any atom is 0.251 e. The molecule has 2 atom stereocenters. The van der Waals surface area contributed by atoms with Gasteiger partial charge in [-0.2, -0.15) is 0 Å². The Balaban J connectivity index is 1.74. The van der Waals surface area contributed by atoms with Gasteiger partial charge >= 0.3 is 0 Å². The summed E-state index contributed by atoms with van der Waals surface area (Å²) in [4.78, 5) is 12.4. The van der Waals surface area contributed by atoms with Gasteiger partial charge < -0.3 is 10.4 Å². The third-order valence-corrected chi connectivity index (χ3v) is 4.35. The average Bonchev–Trinajstić information content (AvgIpc) is 3.07. The van der Waals surface area contributed by atoms with Crippen LogP contribution in [0.3, 0.4) is 0 Å². The van der Waals surface area contributed by atoms with Crippen molar-refractivity contribution in [1.82, 2.24) is 20.3 Å². The molecule has 0 saturated heterocycles. The van der Waals surface area contributed by atoms with Crippen molar-refractivity contribution in [3.8, 4) is 0 Å². The number of carbonyl (C=O) groups is 1. The van der Waals surface area contributed by atoms with E-state index < -0.39 is 0 Å². The molecule has 2 N–H and O–H groups in total. The second-order valence-electron chi connectivity index (χ2n) is 5.70. The third kappa shape index (κ3) is 2.76. The molecule has 0 aliphatic heterocycles. The molecule has 0 bridgehead atoms. The van der Waals surface area contributed by atoms with Crippen molar-refractivity contribution in [3.63, 3.8) is 0 Å². The van der Waals surface area contributed by atoms with E-state index in [0.29, 0.717) is 11.5 Å². The molecule has 0 spiro atoms. The molecule has 21 heavy (non-hydrogen) atoms. The van der Waals surface area contributed by atoms with Crippen LogP contribution in [0.25, 0.3) is 11.0 Å². The van der Waals surface area contributed by atoms with E-state index in [9.17, 15) is 4.79 Å². The van der Waals surface area contributed by atoms with Crippen LogP contribution in [0.4, 0.5) is 0 Å². The van der Waals surface area contributed by atoms with Gasteiger partial charge in [0.1, 0.15) is 5.52 Å². The molecule has 2 aromatic rings. The predicted molar refractivity (Wildman–Crippen MR) is 78.8 cm³/mol. The van der Waals surface area contributed by atoms with Crippen LogP contribution in [-0.2, 0) is 7.05 Å². The second kappa shape index (κ2) is 5.81. The molecular formula is C15H20N4O2. The van der Waals surface area contributed by atoms with E-state index in [4.69, 9.17) is 5.11 Å². The SMILES string of the molecule is Cn1nnc2cc(C(=O)N[C@H]3CCC[C@@H]3CCO)ccc21. The zero-order chi connectivity index (χ0) is 14.8. The van der Waals surface area contributed by atoms with Crippen molar-refractivity contribution in [1.29, 1.82) is 0 Å². The number of amides is 1. The second-order valence-corrected chi connectivity index (χ2v) is 5.70. The van der Waals surface area contributed by atoms with Crippen molar-refractivity contribution >= 4 is 16.9 Å². The van der Waals surface area contributed by atoms with Crippen LogP contribution in [0.5, 0.6) is 0 Å². The van der Waals surface area contributed by atoms with Crippen LogP contribution in [0.1, 0.15) is 36.0 Å². The molecule has 0 radical (unpaired) electrons. The molecule has 1 saturated carbocycles. The normalized spacial score (nSPS) is 21.8. The Kier molecular flexibility index (Phi) is 3.88. The molecule has 3 rings (SSSR count). The number of aryl methyl sites for hydroxylation is 1. The summed E-state index contributed by atoms with van der Waals surface area (Å²) in [7, 11) is 1.83. The van der Waals surface area contributed by atoms with Crippen LogP contribution in [0, 0.1) is 5.92 Å². The van der Waals surface area contributed by atoms with E-state index in [-0.39, 0.29) is 18.6 Å². The number of fused-ring (bicyclic) bond motifs is 1. The highest BCUT2D eigenvalue weighted by atomic mass is 16.3. The lowest BCUT2D eigenvalue weighted by Crippen LogP contribution is -2.37. The average molecular weight is 288 g/mol. The summed E-state index contributed by atoms with van der Waals surface area (Å²) < 4.78 is 1.69. The summed E-state index contributed by atoms with van der Waals surface area (Å²) in [5.41, 5.74) is 2.24. The van der Waals surface area contributed by atoms with Gasteiger partial charge in [0.05, 0.1) is 5.52 Å². The molecule has 1 aromatic carbocycles. The number of rotatable bonds is 4. The van der Waals surface area contributed by atoms with E-state index in [1.807, 2.05) is 13.1 Å². The number of benzene rings is 1. The highest BCUT2D eigenvalue weighted by Gasteiger charge is 2.28. The van der Waals surface area contributed by atoms with E-state index in [2.05, 4.69) is 15.6 Å². The molecule has 0 unspecified atom stereocenters. The van der Waals surface area contributed by atoms with Crippen LogP contribution in [-0.4, -0.2) is 38.7 Å². The minimum atomic E-state index is -0.0719. The van der Waals surface area contributed by atoms with Gasteiger partial charge in [-0.3, -0.25) is 4.79 Å². The highest BCUT2D eigenvalue weighted by molar-refractivity contribution is 5.97. The number of aliphatic hydroxyl groups is 1. The molecular weight excluding hydrogens is 268 g/mol. The summed E-state index contributed by atoms with van der Waals surface area (Å²) in [5, 5.41) is 20.2. The molecule has 1 amide bonds. The summed E-state index contributed by atoms with van der Waals surface area (Å²) in [6.07, 6.45) is 3.94. The number of aromatic nitrogens is 3. The Morgan fingerprint density at radius 2 is 2.33 bits per heavy atom. The maximum absolute atomic E-state index is 12.4. The van der Waals surface area contributed by atoms with Gasteiger partial charge in [0.2, 0.25) is 0 Å². The Labute approximate surface area is 123 Å². The third-order valence-electron chi connectivity index (χ3n) is 4.35. The van der Waals surface area contributed by atoms with Crippen molar-refractivity contribution < 1.29 is 9.90 Å². The summed E-state index contributed by atoms with van der Waals surface area (Å²) in [6, 6.07) is 5.61. The Bertz CT molecular complexity index is 652. The first kappa shape index (κ1) is 14.0. The quantitative estimate of drug-likeness (QED) is 0.887. The van der Waals surface area contributed by atoms with Gasteiger partial charge in [-0.05, 0) is 43.4 Å². The molecule has 1 aromatic heterocycles. The first-order valence-corrected chi connectivity index (χ1v) is 7.40. The lowest BCUT2D eigenvalue weighted by molar-refractivity contribution is 0.0923. The standard InChI is InChI=1S/C15H20N4O2/c1-19-14-6-5-11(9-13(14)17-18-19)15(21)16-12-4-2-3-10(12)7-8-20/h5-6,9-10,12,20H,2-4,7-8H2,1H3,(H,16,21)/t10-,12+/m1/s1. The van der Waals surface area contributed by atoms with Crippen molar-refractivity contribution in [2.24, 2.45) is 13.0 Å². The largest absolute Gasteiger partial charge is 0.396 e. The van der Waals surface area contributed by atoms with Crippen LogP contribution < -0.4 is 5.32 Å². The number of aliphatic hydroxyl groups excluding tert-OH is 1. The van der Waals surface area contributed by atoms with Crippen LogP contribution in [0.2, 0.25) is 0 Å². The van der Waals surface area contributed by atoms with Crippen molar-refractivity contribution in [3.05, 3.63) is 23.8 Å². The summed E-state index contributed by atoms with van der Waals surface area (Å²) >= 11 is 0. The van der Waals surface area contributed by atoms with Crippen LogP contribution in [0.15, 0.2) is 18.2 Å². The molecule has 6 heteroatoms. The number of nitrogens with one attached hydrogen (secondary N) is 1. The summed E-state index contributed by atoms with van der Waals surface area (Å²) in [5.74, 6) is 0.316. The predicted octanol–water partition coefficient (Wildman–Crippen LogP) is 1.25. The zero-order valence-electron chi connectivity index (χ0n) is 12.1. The first-order chi connectivity index (χ1) is 10.2. The number of carbonyl (C=O) groups excluding carboxylic acids is 1. The van der Waals surface area contributed by atoms with Crippen LogP contribution >= 0.6 is 0 Å². The topological polar surface area (TPSA) is 80.0 Å². The molecule has 6 nitrogen and oxygen atoms in total. The lowest BCUT2D eigenvalue weighted by Gasteiger charge is -2.20. The van der Waals surface area contributed by atoms with Crippen molar-refractivity contribution in [2.45, 2.75) is 31.7 Å². The minimum absolute atomic E-state index is 0.0719. The van der Waals surface area contributed by atoms with Gasteiger partial charge in [-0.1, -0.05) is 11.6 Å². The van der Waals surface area contributed by atoms with Gasteiger partial charge in [0.15, 0.2) is 0 Å². The lowest BCUT2D eigenvalue weighted by atomic mass is 9.99. The fraction of sp³-hybridized carbons (Fsp3) is 0.533. The van der Waals surface area contributed by atoms with Gasteiger partial charge in [0.25, 0.3) is 5.91 Å². The Hall–Kier alpha value is -1.95. The number of nitrogens with zero attached hydrogens (tertiary/aromatic N) is 3. The van der Waals surface area contributed by atoms with Gasteiger partial charge in [0, 0.05) is 25.3 Å². The zero-order valence-corrected chi connectivity index (χ0v) is 12.1. The smallest absolute Gasteiger partial charge is 0.251 e.